The first kappa shape index (κ1) is 20.9. The lowest BCUT2D eigenvalue weighted by atomic mass is 10.0. The number of rotatable bonds is 5. The van der Waals surface area contributed by atoms with Crippen molar-refractivity contribution in [1.29, 1.82) is 0 Å². The van der Waals surface area contributed by atoms with E-state index in [0.717, 1.165) is 5.56 Å². The maximum Gasteiger partial charge on any atom is 0.264 e. The highest BCUT2D eigenvalue weighted by molar-refractivity contribution is 6.09. The number of hydrogen-bond acceptors (Lipinski definition) is 4. The zero-order valence-corrected chi connectivity index (χ0v) is 17.7. The van der Waals surface area contributed by atoms with Crippen LogP contribution in [0.5, 0.6) is 11.5 Å². The number of halogens is 1. The smallest absolute Gasteiger partial charge is 0.264 e. The minimum Gasteiger partial charge on any atom is -0.491 e. The van der Waals surface area contributed by atoms with E-state index >= 15 is 0 Å². The Balaban J connectivity index is 1.54. The van der Waals surface area contributed by atoms with E-state index in [1.165, 1.54) is 11.0 Å². The molecule has 31 heavy (non-hydrogen) atoms. The highest BCUT2D eigenvalue weighted by Gasteiger charge is 2.27. The van der Waals surface area contributed by atoms with Gasteiger partial charge in [0.05, 0.1) is 11.2 Å². The third kappa shape index (κ3) is 4.54. The second kappa shape index (κ2) is 8.04. The summed E-state index contributed by atoms with van der Waals surface area (Å²) in [6.45, 7) is 5.38. The first-order valence-corrected chi connectivity index (χ1v) is 10.0. The van der Waals surface area contributed by atoms with Gasteiger partial charge in [-0.05, 0) is 74.4 Å². The van der Waals surface area contributed by atoms with E-state index in [1.54, 1.807) is 62.4 Å². The van der Waals surface area contributed by atoms with Crippen molar-refractivity contribution >= 4 is 11.6 Å². The molecule has 160 valence electrons. The normalized spacial score (nSPS) is 13.6. The average Bonchev–Trinajstić information content (AvgIpc) is 2.72. The van der Waals surface area contributed by atoms with Crippen molar-refractivity contribution in [3.63, 3.8) is 0 Å². The van der Waals surface area contributed by atoms with Crippen LogP contribution in [0.25, 0.3) is 11.1 Å². The van der Waals surface area contributed by atoms with Gasteiger partial charge in [-0.2, -0.15) is 0 Å². The van der Waals surface area contributed by atoms with E-state index in [-0.39, 0.29) is 25.1 Å². The zero-order chi connectivity index (χ0) is 22.2. The van der Waals surface area contributed by atoms with Crippen molar-refractivity contribution < 1.29 is 23.8 Å². The number of ether oxygens (including phenoxy) is 2. The van der Waals surface area contributed by atoms with Crippen LogP contribution in [-0.2, 0) is 0 Å². The van der Waals surface area contributed by atoms with E-state index in [4.69, 9.17) is 9.47 Å². The second-order valence-electron chi connectivity index (χ2n) is 8.30. The number of aliphatic hydroxyl groups is 1. The summed E-state index contributed by atoms with van der Waals surface area (Å²) in [5.41, 5.74) is 2.13. The number of carbonyl (C=O) groups is 1. The molecule has 6 heteroatoms. The van der Waals surface area contributed by atoms with Gasteiger partial charge in [0.25, 0.3) is 5.91 Å². The van der Waals surface area contributed by atoms with Crippen molar-refractivity contribution in [3.8, 4) is 22.6 Å². The molecule has 0 atom stereocenters. The number of benzene rings is 3. The molecule has 0 saturated heterocycles. The molecule has 0 fully saturated rings. The molecule has 5 nitrogen and oxygen atoms in total. The predicted molar refractivity (Wildman–Crippen MR) is 117 cm³/mol. The van der Waals surface area contributed by atoms with Gasteiger partial charge in [-0.1, -0.05) is 18.2 Å². The summed E-state index contributed by atoms with van der Waals surface area (Å²) >= 11 is 0. The molecule has 0 bridgehead atoms. The van der Waals surface area contributed by atoms with E-state index in [2.05, 4.69) is 0 Å². The molecule has 0 saturated carbocycles. The van der Waals surface area contributed by atoms with Crippen LogP contribution < -0.4 is 14.4 Å². The predicted octanol–water partition coefficient (Wildman–Crippen LogP) is 4.95. The van der Waals surface area contributed by atoms with Gasteiger partial charge in [-0.3, -0.25) is 9.69 Å². The molecule has 1 aliphatic heterocycles. The monoisotopic (exact) mass is 421 g/mol. The Hall–Kier alpha value is -3.38. The van der Waals surface area contributed by atoms with Crippen LogP contribution >= 0.6 is 0 Å². The van der Waals surface area contributed by atoms with Gasteiger partial charge >= 0.3 is 0 Å². The number of nitrogens with zero attached hydrogens (tertiary/aromatic N) is 1. The molecule has 1 amide bonds. The lowest BCUT2D eigenvalue weighted by Crippen LogP contribution is -2.38. The molecule has 4 rings (SSSR count). The molecule has 0 aromatic heterocycles. The molecule has 1 aliphatic rings. The average molecular weight is 421 g/mol. The minimum atomic E-state index is -0.931. The second-order valence-corrected chi connectivity index (χ2v) is 8.30. The summed E-state index contributed by atoms with van der Waals surface area (Å²) in [7, 11) is 0. The Morgan fingerprint density at radius 3 is 2.45 bits per heavy atom. The summed E-state index contributed by atoms with van der Waals surface area (Å²) in [6, 6.07) is 17.2. The third-order valence-electron chi connectivity index (χ3n) is 4.98. The molecule has 3 aromatic rings. The third-order valence-corrected chi connectivity index (χ3v) is 4.98. The summed E-state index contributed by atoms with van der Waals surface area (Å²) in [4.78, 5) is 14.5. The maximum absolute atomic E-state index is 14.3. The van der Waals surface area contributed by atoms with Crippen LogP contribution in [-0.4, -0.2) is 30.0 Å². The fraction of sp³-hybridized carbons (Fsp3) is 0.240. The van der Waals surface area contributed by atoms with Gasteiger partial charge in [0.15, 0.2) is 6.73 Å². The summed E-state index contributed by atoms with van der Waals surface area (Å²) in [5.74, 6) is 0.531. The number of aryl methyl sites for hydroxylation is 1. The lowest BCUT2D eigenvalue weighted by molar-refractivity contribution is 0.0285. The van der Waals surface area contributed by atoms with Crippen molar-refractivity contribution in [3.05, 3.63) is 77.6 Å². The van der Waals surface area contributed by atoms with Crippen molar-refractivity contribution in [1.82, 2.24) is 0 Å². The molecule has 0 radical (unpaired) electrons. The SMILES string of the molecule is Cc1ccc(-c2ccc3c(c2)OCN(c2ccc(OCC(C)(C)O)cc2)C3=O)c(F)c1. The van der Waals surface area contributed by atoms with E-state index in [9.17, 15) is 14.3 Å². The highest BCUT2D eigenvalue weighted by Crippen LogP contribution is 2.34. The van der Waals surface area contributed by atoms with Gasteiger partial charge in [0, 0.05) is 11.3 Å². The maximum atomic E-state index is 14.3. The molecule has 1 N–H and O–H groups in total. The first-order valence-electron chi connectivity index (χ1n) is 10.0. The standard InChI is InChI=1S/C25H24FNO4/c1-16-4-10-20(22(26)12-16)17-5-11-21-23(13-17)31-15-27(24(21)28)18-6-8-19(9-7-18)30-14-25(2,3)29/h4-13,29H,14-15H2,1-3H3. The topological polar surface area (TPSA) is 59.0 Å². The molecular weight excluding hydrogens is 397 g/mol. The van der Waals surface area contributed by atoms with Gasteiger partial charge in [-0.15, -0.1) is 0 Å². The molecule has 0 spiro atoms. The van der Waals surface area contributed by atoms with Crippen LogP contribution in [0, 0.1) is 12.7 Å². The Kier molecular flexibility index (Phi) is 5.41. The van der Waals surface area contributed by atoms with Gasteiger partial charge < -0.3 is 14.6 Å². The number of hydrogen-bond donors (Lipinski definition) is 1. The van der Waals surface area contributed by atoms with Crippen LogP contribution in [0.3, 0.4) is 0 Å². The number of fused-ring (bicyclic) bond motifs is 1. The summed E-state index contributed by atoms with van der Waals surface area (Å²) < 4.78 is 25.7. The van der Waals surface area contributed by atoms with Crippen molar-refractivity contribution in [2.75, 3.05) is 18.2 Å². The Morgan fingerprint density at radius 2 is 1.77 bits per heavy atom. The van der Waals surface area contributed by atoms with Crippen molar-refractivity contribution in [2.24, 2.45) is 0 Å². The fourth-order valence-electron chi connectivity index (χ4n) is 3.35. The van der Waals surface area contributed by atoms with E-state index in [1.807, 2.05) is 13.0 Å². The van der Waals surface area contributed by atoms with Gasteiger partial charge in [0.1, 0.15) is 23.9 Å². The first-order chi connectivity index (χ1) is 14.7. The van der Waals surface area contributed by atoms with E-state index in [0.29, 0.717) is 33.9 Å². The Labute approximate surface area is 180 Å². The van der Waals surface area contributed by atoms with Crippen LogP contribution in [0.15, 0.2) is 60.7 Å². The minimum absolute atomic E-state index is 0.0511. The quantitative estimate of drug-likeness (QED) is 0.634. The van der Waals surface area contributed by atoms with Gasteiger partial charge in [0.2, 0.25) is 0 Å². The Bertz CT molecular complexity index is 1120. The molecular formula is C25H24FNO4. The number of amides is 1. The summed E-state index contributed by atoms with van der Waals surface area (Å²) in [6.07, 6.45) is 0. The number of anilines is 1. The van der Waals surface area contributed by atoms with E-state index < -0.39 is 5.60 Å². The van der Waals surface area contributed by atoms with Crippen LogP contribution in [0.4, 0.5) is 10.1 Å². The highest BCUT2D eigenvalue weighted by atomic mass is 19.1. The molecule has 1 heterocycles. The molecule has 0 unspecified atom stereocenters. The van der Waals surface area contributed by atoms with Crippen LogP contribution in [0.1, 0.15) is 29.8 Å². The lowest BCUT2D eigenvalue weighted by Gasteiger charge is -2.29. The number of carbonyl (C=O) groups excluding carboxylic acids is 1. The molecule has 0 aliphatic carbocycles. The fourth-order valence-corrected chi connectivity index (χ4v) is 3.35. The summed E-state index contributed by atoms with van der Waals surface area (Å²) in [5, 5.41) is 9.77. The largest absolute Gasteiger partial charge is 0.491 e. The van der Waals surface area contributed by atoms with Crippen molar-refractivity contribution in [2.45, 2.75) is 26.4 Å². The Morgan fingerprint density at radius 1 is 1.06 bits per heavy atom. The van der Waals surface area contributed by atoms with Gasteiger partial charge in [-0.25, -0.2) is 4.39 Å². The zero-order valence-electron chi connectivity index (χ0n) is 17.7. The molecule has 3 aromatic carbocycles. The van der Waals surface area contributed by atoms with Crippen LogP contribution in [0.2, 0.25) is 0 Å².